The fraction of sp³-hybridized carbons (Fsp3) is 0.320. The second kappa shape index (κ2) is 11.6. The number of H-pyrrole nitrogens is 1. The molecule has 0 aliphatic rings. The lowest BCUT2D eigenvalue weighted by Gasteiger charge is -2.08. The Kier molecular flexibility index (Phi) is 8.59. The number of carbonyl (C=O) groups is 4. The molecule has 0 saturated heterocycles. The minimum Gasteiger partial charge on any atom is -0.462 e. The van der Waals surface area contributed by atoms with E-state index >= 15 is 0 Å². The highest BCUT2D eigenvalue weighted by Crippen LogP contribution is 2.34. The van der Waals surface area contributed by atoms with Gasteiger partial charge >= 0.3 is 17.9 Å². The molecule has 3 rings (SSSR count). The van der Waals surface area contributed by atoms with Crippen LogP contribution in [-0.2, 0) is 19.0 Å². The first-order valence-electron chi connectivity index (χ1n) is 11.2. The van der Waals surface area contributed by atoms with Crippen molar-refractivity contribution in [3.05, 3.63) is 57.2 Å². The fourth-order valence-corrected chi connectivity index (χ4v) is 4.37. The van der Waals surface area contributed by atoms with Gasteiger partial charge in [-0.2, -0.15) is 0 Å². The number of ether oxygens (including phenoxy) is 3. The Labute approximate surface area is 212 Å². The van der Waals surface area contributed by atoms with Crippen molar-refractivity contribution in [2.45, 2.75) is 34.6 Å². The molecule has 10 nitrogen and oxygen atoms in total. The summed E-state index contributed by atoms with van der Waals surface area (Å²) in [5.74, 6) is -1.97. The van der Waals surface area contributed by atoms with Crippen LogP contribution >= 0.6 is 11.3 Å². The van der Waals surface area contributed by atoms with E-state index < -0.39 is 30.4 Å². The van der Waals surface area contributed by atoms with Gasteiger partial charge in [-0.25, -0.2) is 19.4 Å². The quantitative estimate of drug-likeness (QED) is 0.321. The summed E-state index contributed by atoms with van der Waals surface area (Å²) in [6, 6.07) is 6.61. The predicted octanol–water partition coefficient (Wildman–Crippen LogP) is 4.21. The molecule has 0 bridgehead atoms. The molecule has 0 fully saturated rings. The zero-order valence-corrected chi connectivity index (χ0v) is 21.5. The summed E-state index contributed by atoms with van der Waals surface area (Å²) in [6.07, 6.45) is 0. The number of hydrogen-bond acceptors (Lipinski definition) is 9. The number of thiophene rings is 1. The fourth-order valence-electron chi connectivity index (χ4n) is 3.27. The van der Waals surface area contributed by atoms with Crippen molar-refractivity contribution in [1.29, 1.82) is 0 Å². The van der Waals surface area contributed by atoms with Gasteiger partial charge in [0.1, 0.15) is 15.7 Å². The van der Waals surface area contributed by atoms with Gasteiger partial charge in [-0.1, -0.05) is 12.1 Å². The number of hydrogen-bond donors (Lipinski definition) is 2. The molecule has 0 radical (unpaired) electrons. The Hall–Kier alpha value is -3.99. The average molecular weight is 514 g/mol. The molecule has 190 valence electrons. The Bertz CT molecular complexity index is 1270. The van der Waals surface area contributed by atoms with Crippen LogP contribution in [0.3, 0.4) is 0 Å². The Balaban J connectivity index is 1.67. The third kappa shape index (κ3) is 5.98. The molecule has 0 unspecified atom stereocenters. The summed E-state index contributed by atoms with van der Waals surface area (Å²) < 4.78 is 15.2. The molecular formula is C25H27N3O7S. The van der Waals surface area contributed by atoms with Crippen LogP contribution in [-0.4, -0.2) is 53.6 Å². The van der Waals surface area contributed by atoms with E-state index in [1.165, 1.54) is 0 Å². The Morgan fingerprint density at radius 3 is 2.14 bits per heavy atom. The largest absolute Gasteiger partial charge is 0.462 e. The topological polar surface area (TPSA) is 137 Å². The van der Waals surface area contributed by atoms with E-state index in [1.807, 2.05) is 13.8 Å². The SMILES string of the molecule is CCOC(=O)c1sc(NC(=O)COC(=O)c2ccc(-c3nc(C)c(C)[nH]3)cc2)c(C(=O)OCC)c1C. The van der Waals surface area contributed by atoms with Gasteiger partial charge < -0.3 is 24.5 Å². The number of rotatable bonds is 9. The number of aromatic nitrogens is 2. The smallest absolute Gasteiger partial charge is 0.348 e. The summed E-state index contributed by atoms with van der Waals surface area (Å²) in [6.45, 7) is 8.38. The van der Waals surface area contributed by atoms with Crippen molar-refractivity contribution in [2.24, 2.45) is 0 Å². The summed E-state index contributed by atoms with van der Waals surface area (Å²) >= 11 is 0.893. The highest BCUT2D eigenvalue weighted by molar-refractivity contribution is 7.18. The summed E-state index contributed by atoms with van der Waals surface area (Å²) in [7, 11) is 0. The van der Waals surface area contributed by atoms with Crippen LogP contribution in [0.4, 0.5) is 5.00 Å². The Morgan fingerprint density at radius 1 is 0.917 bits per heavy atom. The highest BCUT2D eigenvalue weighted by atomic mass is 32.1. The van der Waals surface area contributed by atoms with E-state index in [9.17, 15) is 19.2 Å². The van der Waals surface area contributed by atoms with E-state index in [4.69, 9.17) is 14.2 Å². The van der Waals surface area contributed by atoms with Crippen molar-refractivity contribution >= 4 is 40.2 Å². The van der Waals surface area contributed by atoms with Crippen molar-refractivity contribution in [3.8, 4) is 11.4 Å². The lowest BCUT2D eigenvalue weighted by molar-refractivity contribution is -0.119. The van der Waals surface area contributed by atoms with Crippen molar-refractivity contribution in [3.63, 3.8) is 0 Å². The van der Waals surface area contributed by atoms with Crippen LogP contribution in [0, 0.1) is 20.8 Å². The van der Waals surface area contributed by atoms with Gasteiger partial charge in [0, 0.05) is 11.3 Å². The van der Waals surface area contributed by atoms with Crippen molar-refractivity contribution in [1.82, 2.24) is 9.97 Å². The van der Waals surface area contributed by atoms with Gasteiger partial charge in [0.15, 0.2) is 6.61 Å². The third-order valence-electron chi connectivity index (χ3n) is 5.20. The molecule has 0 atom stereocenters. The number of benzene rings is 1. The minimum absolute atomic E-state index is 0.0589. The zero-order chi connectivity index (χ0) is 26.4. The third-order valence-corrected chi connectivity index (χ3v) is 6.38. The first-order chi connectivity index (χ1) is 17.2. The lowest BCUT2D eigenvalue weighted by Crippen LogP contribution is -2.21. The van der Waals surface area contributed by atoms with Crippen LogP contribution in [0.1, 0.15) is 61.2 Å². The van der Waals surface area contributed by atoms with E-state index in [2.05, 4.69) is 15.3 Å². The number of anilines is 1. The lowest BCUT2D eigenvalue weighted by atomic mass is 10.1. The number of esters is 3. The number of aromatic amines is 1. The Morgan fingerprint density at radius 2 is 1.56 bits per heavy atom. The normalized spacial score (nSPS) is 10.6. The number of nitrogens with one attached hydrogen (secondary N) is 2. The number of aryl methyl sites for hydroxylation is 2. The maximum absolute atomic E-state index is 12.5. The van der Waals surface area contributed by atoms with E-state index in [0.29, 0.717) is 11.4 Å². The van der Waals surface area contributed by atoms with Crippen molar-refractivity contribution in [2.75, 3.05) is 25.1 Å². The predicted molar refractivity (Wildman–Crippen MR) is 133 cm³/mol. The summed E-state index contributed by atoms with van der Waals surface area (Å²) in [5, 5.41) is 2.65. The monoisotopic (exact) mass is 513 g/mol. The molecule has 3 aromatic rings. The molecule has 0 saturated carbocycles. The van der Waals surface area contributed by atoms with Crippen LogP contribution in [0.15, 0.2) is 24.3 Å². The van der Waals surface area contributed by atoms with Crippen LogP contribution < -0.4 is 5.32 Å². The molecular weight excluding hydrogens is 486 g/mol. The van der Waals surface area contributed by atoms with Crippen molar-refractivity contribution < 1.29 is 33.4 Å². The molecule has 11 heteroatoms. The van der Waals surface area contributed by atoms with Gasteiger partial charge in [0.25, 0.3) is 5.91 Å². The van der Waals surface area contributed by atoms with Crippen LogP contribution in [0.5, 0.6) is 0 Å². The zero-order valence-electron chi connectivity index (χ0n) is 20.6. The second-order valence-corrected chi connectivity index (χ2v) is 8.72. The highest BCUT2D eigenvalue weighted by Gasteiger charge is 2.27. The molecule has 2 N–H and O–H groups in total. The van der Waals surface area contributed by atoms with Gasteiger partial charge in [-0.15, -0.1) is 11.3 Å². The van der Waals surface area contributed by atoms with Gasteiger partial charge in [-0.05, 0) is 52.3 Å². The molecule has 1 aromatic carbocycles. The van der Waals surface area contributed by atoms with E-state index in [0.717, 1.165) is 28.3 Å². The van der Waals surface area contributed by atoms with Gasteiger partial charge in [0.05, 0.1) is 30.0 Å². The first-order valence-corrected chi connectivity index (χ1v) is 12.1. The maximum Gasteiger partial charge on any atom is 0.348 e. The van der Waals surface area contributed by atoms with Crippen LogP contribution in [0.2, 0.25) is 0 Å². The van der Waals surface area contributed by atoms with Gasteiger partial charge in [-0.3, -0.25) is 4.79 Å². The molecule has 0 aliphatic carbocycles. The molecule has 2 aromatic heterocycles. The second-order valence-electron chi connectivity index (χ2n) is 7.70. The summed E-state index contributed by atoms with van der Waals surface area (Å²) in [5.41, 5.74) is 3.31. The molecule has 1 amide bonds. The van der Waals surface area contributed by atoms with E-state index in [1.54, 1.807) is 45.0 Å². The number of amides is 1. The maximum atomic E-state index is 12.5. The standard InChI is InChI=1S/C25H27N3O7S/c1-6-33-24(31)19-13(3)20(25(32)34-7-2)36-22(19)28-18(29)12-35-23(30)17-10-8-16(9-11-17)21-26-14(4)15(5)27-21/h8-11H,6-7,12H2,1-5H3,(H,26,27)(H,28,29). The number of imidazole rings is 1. The number of nitrogens with zero attached hydrogens (tertiary/aromatic N) is 1. The number of carbonyl (C=O) groups excluding carboxylic acids is 4. The summed E-state index contributed by atoms with van der Waals surface area (Å²) in [4.78, 5) is 57.4. The van der Waals surface area contributed by atoms with Gasteiger partial charge in [0.2, 0.25) is 0 Å². The average Bonchev–Trinajstić information content (AvgIpc) is 3.36. The first kappa shape index (κ1) is 26.6. The molecule has 0 aliphatic heterocycles. The minimum atomic E-state index is -0.691. The molecule has 2 heterocycles. The molecule has 0 spiro atoms. The molecule has 36 heavy (non-hydrogen) atoms. The van der Waals surface area contributed by atoms with Crippen LogP contribution in [0.25, 0.3) is 11.4 Å². The van der Waals surface area contributed by atoms with E-state index in [-0.39, 0.29) is 34.2 Å².